The maximum atomic E-state index is 13.3. The molecule has 3 unspecified atom stereocenters. The summed E-state index contributed by atoms with van der Waals surface area (Å²) in [6.45, 7) is 7.14. The van der Waals surface area contributed by atoms with E-state index in [1.807, 2.05) is 13.8 Å². The van der Waals surface area contributed by atoms with Crippen LogP contribution < -0.4 is 15.4 Å². The van der Waals surface area contributed by atoms with Gasteiger partial charge in [-0.15, -0.1) is 0 Å². The van der Waals surface area contributed by atoms with Crippen molar-refractivity contribution in [2.45, 2.75) is 82.3 Å². The maximum Gasteiger partial charge on any atom is 0.242 e. The van der Waals surface area contributed by atoms with Gasteiger partial charge in [0.25, 0.3) is 0 Å². The highest BCUT2D eigenvalue weighted by atomic mass is 79.9. The number of carbonyl (C=O) groups is 2. The number of hydrogen-bond acceptors (Lipinski definition) is 4. The third-order valence-electron chi connectivity index (χ3n) is 7.56. The van der Waals surface area contributed by atoms with Crippen LogP contribution in [-0.4, -0.2) is 37.9 Å². The molecule has 1 aromatic carbocycles. The average Bonchev–Trinajstić information content (AvgIpc) is 2.69. The molecular weight excluding hydrogens is 506 g/mol. The summed E-state index contributed by atoms with van der Waals surface area (Å²) in [5.41, 5.74) is -1.64. The van der Waals surface area contributed by atoms with Crippen LogP contribution in [0.1, 0.15) is 59.8 Å². The number of amides is 2. The molecular formula is C24H34BrN3O4S. The summed E-state index contributed by atoms with van der Waals surface area (Å²) in [5.74, 6) is 0.831. The van der Waals surface area contributed by atoms with Crippen molar-refractivity contribution in [3.05, 3.63) is 28.7 Å². The van der Waals surface area contributed by atoms with Gasteiger partial charge < -0.3 is 10.6 Å². The molecule has 4 saturated carbocycles. The Labute approximate surface area is 205 Å². The van der Waals surface area contributed by atoms with Crippen LogP contribution in [0.15, 0.2) is 33.6 Å². The molecule has 2 amide bonds. The van der Waals surface area contributed by atoms with E-state index in [0.717, 1.165) is 32.1 Å². The lowest BCUT2D eigenvalue weighted by Crippen LogP contribution is -2.65. The van der Waals surface area contributed by atoms with E-state index in [1.165, 1.54) is 6.07 Å². The monoisotopic (exact) mass is 539 g/mol. The number of hydrogen-bond donors (Lipinski definition) is 3. The molecule has 0 saturated heterocycles. The van der Waals surface area contributed by atoms with E-state index in [9.17, 15) is 18.0 Å². The number of rotatable bonds is 7. The van der Waals surface area contributed by atoms with Gasteiger partial charge in [0.1, 0.15) is 5.54 Å². The fourth-order valence-corrected chi connectivity index (χ4v) is 8.77. The van der Waals surface area contributed by atoms with E-state index in [2.05, 4.69) is 31.3 Å². The third-order valence-corrected chi connectivity index (χ3v) is 10.2. The van der Waals surface area contributed by atoms with Crippen LogP contribution in [0.5, 0.6) is 0 Å². The summed E-state index contributed by atoms with van der Waals surface area (Å²) < 4.78 is 28.9. The molecule has 4 aliphatic carbocycles. The largest absolute Gasteiger partial charge is 0.353 e. The molecule has 0 aromatic heterocycles. The molecule has 4 fully saturated rings. The van der Waals surface area contributed by atoms with E-state index >= 15 is 0 Å². The Hall–Kier alpha value is -1.45. The average molecular weight is 541 g/mol. The Bertz CT molecular complexity index is 1040. The molecule has 0 aliphatic heterocycles. The molecule has 5 atom stereocenters. The summed E-state index contributed by atoms with van der Waals surface area (Å²) in [4.78, 5) is 26.4. The summed E-state index contributed by atoms with van der Waals surface area (Å²) >= 11 is 3.28. The second kappa shape index (κ2) is 8.64. The van der Waals surface area contributed by atoms with Crippen molar-refractivity contribution >= 4 is 37.8 Å². The van der Waals surface area contributed by atoms with Crippen molar-refractivity contribution in [2.24, 2.45) is 23.2 Å². The van der Waals surface area contributed by atoms with Gasteiger partial charge in [0, 0.05) is 16.6 Å². The summed E-state index contributed by atoms with van der Waals surface area (Å²) in [6, 6.07) is 6.62. The van der Waals surface area contributed by atoms with Crippen LogP contribution in [-0.2, 0) is 19.6 Å². The molecule has 182 valence electrons. The van der Waals surface area contributed by atoms with Crippen LogP contribution in [0.2, 0.25) is 0 Å². The normalized spacial score (nSPS) is 31.0. The predicted octanol–water partition coefficient (Wildman–Crippen LogP) is 3.34. The Morgan fingerprint density at radius 1 is 1.09 bits per heavy atom. The van der Waals surface area contributed by atoms with Crippen molar-refractivity contribution < 1.29 is 18.0 Å². The van der Waals surface area contributed by atoms with E-state index in [4.69, 9.17) is 0 Å². The van der Waals surface area contributed by atoms with Crippen molar-refractivity contribution in [3.63, 3.8) is 0 Å². The summed E-state index contributed by atoms with van der Waals surface area (Å²) in [6.07, 6.45) is 4.54. The van der Waals surface area contributed by atoms with Crippen molar-refractivity contribution in [1.82, 2.24) is 15.4 Å². The molecule has 0 heterocycles. The van der Waals surface area contributed by atoms with Gasteiger partial charge in [-0.05, 0) is 106 Å². The lowest BCUT2D eigenvalue weighted by Gasteiger charge is -2.59. The van der Waals surface area contributed by atoms with Crippen molar-refractivity contribution in [1.29, 1.82) is 0 Å². The maximum absolute atomic E-state index is 13.3. The number of benzene rings is 1. The van der Waals surface area contributed by atoms with E-state index < -0.39 is 15.6 Å². The van der Waals surface area contributed by atoms with Gasteiger partial charge in [-0.3, -0.25) is 9.59 Å². The van der Waals surface area contributed by atoms with Crippen molar-refractivity contribution in [2.75, 3.05) is 0 Å². The zero-order valence-electron chi connectivity index (χ0n) is 19.7. The molecule has 3 N–H and O–H groups in total. The highest BCUT2D eigenvalue weighted by Gasteiger charge is 2.59. The van der Waals surface area contributed by atoms with Gasteiger partial charge in [0.05, 0.1) is 10.3 Å². The SMILES string of the molecule is CC(C)NC(=O)[C@]12CC3CC(C1)C(NC(=O)C(C)(C)NS(=O)(=O)c1ccccc1Br)[C@H](C3)C2. The molecule has 4 bridgehead atoms. The highest BCUT2D eigenvalue weighted by Crippen LogP contribution is 2.60. The van der Waals surface area contributed by atoms with Gasteiger partial charge in [0.2, 0.25) is 21.8 Å². The zero-order chi connectivity index (χ0) is 24.2. The second-order valence-corrected chi connectivity index (χ2v) is 13.5. The Morgan fingerprint density at radius 2 is 1.70 bits per heavy atom. The van der Waals surface area contributed by atoms with Crippen LogP contribution in [0.3, 0.4) is 0 Å². The minimum Gasteiger partial charge on any atom is -0.353 e. The summed E-state index contributed by atoms with van der Waals surface area (Å²) in [5, 5.41) is 6.30. The minimum absolute atomic E-state index is 0.0266. The molecule has 5 rings (SSSR count). The van der Waals surface area contributed by atoms with E-state index in [-0.39, 0.29) is 46.0 Å². The van der Waals surface area contributed by atoms with Crippen LogP contribution in [0.4, 0.5) is 0 Å². The first-order valence-electron chi connectivity index (χ1n) is 11.7. The molecule has 7 nitrogen and oxygen atoms in total. The van der Waals surface area contributed by atoms with Gasteiger partial charge in [0.15, 0.2) is 0 Å². The fourth-order valence-electron chi connectivity index (χ4n) is 6.39. The zero-order valence-corrected chi connectivity index (χ0v) is 22.1. The molecule has 1 aromatic rings. The van der Waals surface area contributed by atoms with Gasteiger partial charge in [-0.1, -0.05) is 12.1 Å². The summed E-state index contributed by atoms with van der Waals surface area (Å²) in [7, 11) is -3.90. The third kappa shape index (κ3) is 4.73. The molecule has 9 heteroatoms. The molecule has 0 spiro atoms. The van der Waals surface area contributed by atoms with E-state index in [0.29, 0.717) is 10.4 Å². The van der Waals surface area contributed by atoms with Crippen LogP contribution in [0, 0.1) is 23.2 Å². The smallest absolute Gasteiger partial charge is 0.242 e. The first-order valence-corrected chi connectivity index (χ1v) is 14.0. The van der Waals surface area contributed by atoms with Gasteiger partial charge in [-0.2, -0.15) is 4.72 Å². The number of sulfonamides is 1. The molecule has 0 radical (unpaired) electrons. The van der Waals surface area contributed by atoms with Crippen LogP contribution in [0.25, 0.3) is 0 Å². The van der Waals surface area contributed by atoms with Crippen molar-refractivity contribution in [3.8, 4) is 0 Å². The van der Waals surface area contributed by atoms with E-state index in [1.54, 1.807) is 32.0 Å². The minimum atomic E-state index is -3.90. The first kappa shape index (κ1) is 24.7. The Morgan fingerprint density at radius 3 is 2.27 bits per heavy atom. The number of halogens is 1. The quantitative estimate of drug-likeness (QED) is 0.494. The molecule has 4 aliphatic rings. The second-order valence-electron chi connectivity index (χ2n) is 11.0. The Balaban J connectivity index is 1.47. The lowest BCUT2D eigenvalue weighted by molar-refractivity contribution is -0.151. The lowest BCUT2D eigenvalue weighted by atomic mass is 9.47. The standard InChI is InChI=1S/C24H34BrN3O4S/c1-14(2)26-22(30)24-11-15-9-16(12-24)20(17(10-15)13-24)27-21(29)23(3,4)28-33(31,32)19-8-6-5-7-18(19)25/h5-8,14-17,20,28H,9-13H2,1-4H3,(H,26,30)(H,27,29)/t15?,16-,17?,20?,24+/m1/s1. The van der Waals surface area contributed by atoms with Gasteiger partial charge in [-0.25, -0.2) is 8.42 Å². The molecule has 33 heavy (non-hydrogen) atoms. The van der Waals surface area contributed by atoms with Crippen LogP contribution >= 0.6 is 15.9 Å². The Kier molecular flexibility index (Phi) is 6.46. The number of nitrogens with one attached hydrogen (secondary N) is 3. The van der Waals surface area contributed by atoms with Gasteiger partial charge >= 0.3 is 0 Å². The highest BCUT2D eigenvalue weighted by molar-refractivity contribution is 9.10. The number of carbonyl (C=O) groups excluding carboxylic acids is 2. The fraction of sp³-hybridized carbons (Fsp3) is 0.667. The first-order chi connectivity index (χ1) is 15.3. The topological polar surface area (TPSA) is 104 Å². The predicted molar refractivity (Wildman–Crippen MR) is 130 cm³/mol.